The minimum atomic E-state index is -0.376. The molecule has 0 aliphatic heterocycles. The lowest BCUT2D eigenvalue weighted by molar-refractivity contribution is 0.100. The van der Waals surface area contributed by atoms with Crippen molar-refractivity contribution >= 4 is 11.6 Å². The zero-order chi connectivity index (χ0) is 9.26. The van der Waals surface area contributed by atoms with Crippen molar-refractivity contribution in [2.24, 2.45) is 5.73 Å². The highest BCUT2D eigenvalue weighted by Crippen LogP contribution is 2.24. The molecule has 0 spiro atoms. The maximum Gasteiger partial charge on any atom is 0.248 e. The van der Waals surface area contributed by atoms with E-state index >= 15 is 0 Å². The number of rotatable bonds is 3. The Kier molecular flexibility index (Phi) is 1.93. The maximum absolute atomic E-state index is 10.8. The zero-order valence-corrected chi connectivity index (χ0v) is 7.29. The topological polar surface area (TPSA) is 55.1 Å². The van der Waals surface area contributed by atoms with E-state index in [-0.39, 0.29) is 5.91 Å². The van der Waals surface area contributed by atoms with Crippen molar-refractivity contribution in [1.29, 1.82) is 0 Å². The smallest absolute Gasteiger partial charge is 0.248 e. The second-order valence-electron chi connectivity index (χ2n) is 3.36. The highest BCUT2D eigenvalue weighted by molar-refractivity contribution is 5.93. The molecule has 1 amide bonds. The van der Waals surface area contributed by atoms with Crippen LogP contribution in [0.1, 0.15) is 23.2 Å². The van der Waals surface area contributed by atoms with E-state index in [9.17, 15) is 4.79 Å². The van der Waals surface area contributed by atoms with E-state index < -0.39 is 0 Å². The van der Waals surface area contributed by atoms with E-state index in [1.54, 1.807) is 12.1 Å². The van der Waals surface area contributed by atoms with Gasteiger partial charge in [0.15, 0.2) is 0 Å². The van der Waals surface area contributed by atoms with Crippen LogP contribution in [0.4, 0.5) is 5.69 Å². The van der Waals surface area contributed by atoms with Gasteiger partial charge < -0.3 is 11.1 Å². The highest BCUT2D eigenvalue weighted by Gasteiger charge is 2.20. The van der Waals surface area contributed by atoms with Gasteiger partial charge in [0.2, 0.25) is 5.91 Å². The van der Waals surface area contributed by atoms with Crippen molar-refractivity contribution in [2.75, 3.05) is 5.32 Å². The number of primary amides is 1. The first-order valence-electron chi connectivity index (χ1n) is 4.42. The first-order chi connectivity index (χ1) is 6.25. The van der Waals surface area contributed by atoms with Crippen molar-refractivity contribution in [3.05, 3.63) is 29.8 Å². The number of hydrogen-bond acceptors (Lipinski definition) is 2. The first kappa shape index (κ1) is 8.10. The van der Waals surface area contributed by atoms with Crippen LogP contribution in [0.3, 0.4) is 0 Å². The van der Waals surface area contributed by atoms with Gasteiger partial charge in [-0.05, 0) is 31.0 Å². The molecule has 3 N–H and O–H groups in total. The van der Waals surface area contributed by atoms with Gasteiger partial charge in [0.1, 0.15) is 0 Å². The van der Waals surface area contributed by atoms with Gasteiger partial charge in [0, 0.05) is 17.3 Å². The monoisotopic (exact) mass is 176 g/mol. The number of nitrogens with two attached hydrogens (primary N) is 1. The van der Waals surface area contributed by atoms with Gasteiger partial charge in [-0.3, -0.25) is 4.79 Å². The fourth-order valence-corrected chi connectivity index (χ4v) is 1.23. The number of amides is 1. The Bertz CT molecular complexity index is 331. The van der Waals surface area contributed by atoms with Crippen molar-refractivity contribution in [3.63, 3.8) is 0 Å². The summed E-state index contributed by atoms with van der Waals surface area (Å²) in [6.07, 6.45) is 2.45. The molecule has 13 heavy (non-hydrogen) atoms. The molecule has 0 atom stereocenters. The van der Waals surface area contributed by atoms with Crippen molar-refractivity contribution in [1.82, 2.24) is 0 Å². The van der Waals surface area contributed by atoms with Crippen LogP contribution in [0.25, 0.3) is 0 Å². The van der Waals surface area contributed by atoms with Crippen LogP contribution in [0.2, 0.25) is 0 Å². The summed E-state index contributed by atoms with van der Waals surface area (Å²) in [6.45, 7) is 0. The SMILES string of the molecule is NC(=O)c1cccc(NC2CC2)c1. The number of benzene rings is 1. The zero-order valence-electron chi connectivity index (χ0n) is 7.29. The van der Waals surface area contributed by atoms with Crippen LogP contribution in [-0.2, 0) is 0 Å². The second-order valence-corrected chi connectivity index (χ2v) is 3.36. The van der Waals surface area contributed by atoms with Crippen LogP contribution in [0.5, 0.6) is 0 Å². The predicted molar refractivity (Wildman–Crippen MR) is 51.6 cm³/mol. The quantitative estimate of drug-likeness (QED) is 0.730. The van der Waals surface area contributed by atoms with Crippen LogP contribution in [0, 0.1) is 0 Å². The van der Waals surface area contributed by atoms with Gasteiger partial charge in [-0.25, -0.2) is 0 Å². The lowest BCUT2D eigenvalue weighted by Gasteiger charge is -2.04. The fourth-order valence-electron chi connectivity index (χ4n) is 1.23. The molecule has 0 aromatic heterocycles. The first-order valence-corrected chi connectivity index (χ1v) is 4.42. The summed E-state index contributed by atoms with van der Waals surface area (Å²) < 4.78 is 0. The Morgan fingerprint density at radius 3 is 2.85 bits per heavy atom. The Morgan fingerprint density at radius 2 is 2.23 bits per heavy atom. The Balaban J connectivity index is 2.15. The van der Waals surface area contributed by atoms with Crippen LogP contribution in [0.15, 0.2) is 24.3 Å². The molecule has 0 unspecified atom stereocenters. The maximum atomic E-state index is 10.8. The molecule has 1 aromatic rings. The van der Waals surface area contributed by atoms with E-state index in [4.69, 9.17) is 5.73 Å². The molecule has 0 bridgehead atoms. The summed E-state index contributed by atoms with van der Waals surface area (Å²) in [5.74, 6) is -0.376. The molecular formula is C10H12N2O. The van der Waals surface area contributed by atoms with Crippen molar-refractivity contribution < 1.29 is 4.79 Å². The molecule has 0 radical (unpaired) electrons. The highest BCUT2D eigenvalue weighted by atomic mass is 16.1. The molecule has 2 rings (SSSR count). The van der Waals surface area contributed by atoms with E-state index in [1.807, 2.05) is 12.1 Å². The van der Waals surface area contributed by atoms with Gasteiger partial charge in [-0.15, -0.1) is 0 Å². The lowest BCUT2D eigenvalue weighted by atomic mass is 10.2. The third-order valence-corrected chi connectivity index (χ3v) is 2.10. The van der Waals surface area contributed by atoms with Crippen LogP contribution < -0.4 is 11.1 Å². The minimum Gasteiger partial charge on any atom is -0.382 e. The van der Waals surface area contributed by atoms with Gasteiger partial charge >= 0.3 is 0 Å². The summed E-state index contributed by atoms with van der Waals surface area (Å²) in [5, 5.41) is 3.30. The van der Waals surface area contributed by atoms with Crippen LogP contribution >= 0.6 is 0 Å². The third-order valence-electron chi connectivity index (χ3n) is 2.10. The number of hydrogen-bond donors (Lipinski definition) is 2. The number of nitrogens with one attached hydrogen (secondary N) is 1. The minimum absolute atomic E-state index is 0.376. The largest absolute Gasteiger partial charge is 0.382 e. The van der Waals surface area contributed by atoms with E-state index in [0.29, 0.717) is 11.6 Å². The molecular weight excluding hydrogens is 164 g/mol. The molecule has 1 aliphatic rings. The fraction of sp³-hybridized carbons (Fsp3) is 0.300. The average molecular weight is 176 g/mol. The number of carbonyl (C=O) groups is 1. The molecule has 1 fully saturated rings. The third kappa shape index (κ3) is 1.99. The van der Waals surface area contributed by atoms with Gasteiger partial charge in [0.05, 0.1) is 0 Å². The van der Waals surface area contributed by atoms with Gasteiger partial charge in [-0.1, -0.05) is 6.07 Å². The summed E-state index contributed by atoms with van der Waals surface area (Å²) >= 11 is 0. The molecule has 3 nitrogen and oxygen atoms in total. The molecule has 0 heterocycles. The van der Waals surface area contributed by atoms with E-state index in [1.165, 1.54) is 12.8 Å². The van der Waals surface area contributed by atoms with Gasteiger partial charge in [-0.2, -0.15) is 0 Å². The molecule has 68 valence electrons. The standard InChI is InChI=1S/C10H12N2O/c11-10(13)7-2-1-3-9(6-7)12-8-4-5-8/h1-3,6,8,12H,4-5H2,(H2,11,13). The second kappa shape index (κ2) is 3.09. The van der Waals surface area contributed by atoms with Crippen molar-refractivity contribution in [3.8, 4) is 0 Å². The van der Waals surface area contributed by atoms with E-state index in [2.05, 4.69) is 5.32 Å². The lowest BCUT2D eigenvalue weighted by Crippen LogP contribution is -2.11. The molecule has 0 saturated heterocycles. The normalized spacial score (nSPS) is 15.4. The van der Waals surface area contributed by atoms with Crippen molar-refractivity contribution in [2.45, 2.75) is 18.9 Å². The molecule has 1 aromatic carbocycles. The summed E-state index contributed by atoms with van der Waals surface area (Å²) in [6, 6.07) is 7.90. The Morgan fingerprint density at radius 1 is 1.46 bits per heavy atom. The Hall–Kier alpha value is -1.51. The van der Waals surface area contributed by atoms with E-state index in [0.717, 1.165) is 5.69 Å². The number of anilines is 1. The number of carbonyl (C=O) groups excluding carboxylic acids is 1. The molecule has 3 heteroatoms. The van der Waals surface area contributed by atoms with Gasteiger partial charge in [0.25, 0.3) is 0 Å². The Labute approximate surface area is 76.9 Å². The molecule has 1 saturated carbocycles. The predicted octanol–water partition coefficient (Wildman–Crippen LogP) is 1.36. The summed E-state index contributed by atoms with van der Waals surface area (Å²) in [7, 11) is 0. The van der Waals surface area contributed by atoms with Crippen LogP contribution in [-0.4, -0.2) is 11.9 Å². The average Bonchev–Trinajstić information content (AvgIpc) is 2.89. The summed E-state index contributed by atoms with van der Waals surface area (Å²) in [4.78, 5) is 10.8. The molecule has 1 aliphatic carbocycles. The summed E-state index contributed by atoms with van der Waals surface area (Å²) in [5.41, 5.74) is 6.71.